The molecule has 0 aromatic rings. The molecule has 0 spiro atoms. The molecule has 1 rings (SSSR count). The van der Waals surface area contributed by atoms with Gasteiger partial charge < -0.3 is 30.5 Å². The number of carbonyl (C=O) groups is 1. The van der Waals surface area contributed by atoms with Crippen LogP contribution in [0, 0.1) is 12.3 Å². The second-order valence-corrected chi connectivity index (χ2v) is 4.03. The van der Waals surface area contributed by atoms with Crippen LogP contribution in [-0.2, 0) is 9.53 Å². The van der Waals surface area contributed by atoms with Crippen LogP contribution in [0.15, 0.2) is 0 Å². The third-order valence-electron chi connectivity index (χ3n) is 2.72. The third kappa shape index (κ3) is 3.41. The highest BCUT2D eigenvalue weighted by Gasteiger charge is 2.44. The Hall–Kier alpha value is -1.17. The number of hydrogen-bond donors (Lipinski definition) is 5. The SMILES string of the molecule is C#CCCC(=O)N[C@H]1C(O)O[C@H](CO)[C@H](O)[C@@H]1O. The number of aliphatic hydroxyl groups excluding tert-OH is 4. The van der Waals surface area contributed by atoms with Crippen molar-refractivity contribution in [3.63, 3.8) is 0 Å². The highest BCUT2D eigenvalue weighted by molar-refractivity contribution is 5.76. The van der Waals surface area contributed by atoms with E-state index in [9.17, 15) is 20.1 Å². The molecule has 102 valence electrons. The quantitative estimate of drug-likeness (QED) is 0.351. The number of terminal acetylenes is 1. The minimum Gasteiger partial charge on any atom is -0.394 e. The van der Waals surface area contributed by atoms with Gasteiger partial charge in [0.05, 0.1) is 6.61 Å². The van der Waals surface area contributed by atoms with Gasteiger partial charge in [0.1, 0.15) is 24.4 Å². The zero-order valence-corrected chi connectivity index (χ0v) is 9.69. The smallest absolute Gasteiger partial charge is 0.221 e. The number of nitrogens with one attached hydrogen (secondary N) is 1. The zero-order chi connectivity index (χ0) is 13.7. The van der Waals surface area contributed by atoms with Crippen LogP contribution in [0.4, 0.5) is 0 Å². The van der Waals surface area contributed by atoms with E-state index in [2.05, 4.69) is 11.2 Å². The van der Waals surface area contributed by atoms with Crippen molar-refractivity contribution < 1.29 is 30.0 Å². The van der Waals surface area contributed by atoms with E-state index in [0.717, 1.165) is 0 Å². The molecule has 5 atom stereocenters. The fourth-order valence-corrected chi connectivity index (χ4v) is 1.70. The first-order valence-electron chi connectivity index (χ1n) is 5.54. The monoisotopic (exact) mass is 259 g/mol. The Morgan fingerprint density at radius 2 is 2.00 bits per heavy atom. The van der Waals surface area contributed by atoms with E-state index in [4.69, 9.17) is 16.3 Å². The van der Waals surface area contributed by atoms with Crippen LogP contribution in [0.1, 0.15) is 12.8 Å². The van der Waals surface area contributed by atoms with Gasteiger partial charge in [-0.2, -0.15) is 0 Å². The summed E-state index contributed by atoms with van der Waals surface area (Å²) in [6.07, 6.45) is -0.137. The van der Waals surface area contributed by atoms with Crippen molar-refractivity contribution in [2.45, 2.75) is 43.5 Å². The molecule has 1 aliphatic rings. The van der Waals surface area contributed by atoms with Crippen molar-refractivity contribution in [1.29, 1.82) is 0 Å². The number of amides is 1. The van der Waals surface area contributed by atoms with Crippen LogP contribution in [0.2, 0.25) is 0 Å². The first-order valence-corrected chi connectivity index (χ1v) is 5.54. The summed E-state index contributed by atoms with van der Waals surface area (Å²) in [4.78, 5) is 11.4. The predicted molar refractivity (Wildman–Crippen MR) is 60.0 cm³/mol. The molecule has 5 N–H and O–H groups in total. The van der Waals surface area contributed by atoms with Gasteiger partial charge in [0.2, 0.25) is 5.91 Å². The third-order valence-corrected chi connectivity index (χ3v) is 2.72. The van der Waals surface area contributed by atoms with Crippen molar-refractivity contribution in [3.8, 4) is 12.3 Å². The molecule has 1 unspecified atom stereocenters. The van der Waals surface area contributed by atoms with Crippen LogP contribution in [-0.4, -0.2) is 63.6 Å². The number of hydrogen-bond acceptors (Lipinski definition) is 6. The van der Waals surface area contributed by atoms with Crippen LogP contribution < -0.4 is 5.32 Å². The van der Waals surface area contributed by atoms with Gasteiger partial charge in [-0.1, -0.05) is 0 Å². The molecule has 1 amide bonds. The van der Waals surface area contributed by atoms with E-state index in [1.165, 1.54) is 0 Å². The predicted octanol–water partition coefficient (Wildman–Crippen LogP) is -2.68. The van der Waals surface area contributed by atoms with Gasteiger partial charge in [0, 0.05) is 12.8 Å². The van der Waals surface area contributed by atoms with Crippen molar-refractivity contribution in [1.82, 2.24) is 5.32 Å². The number of aliphatic hydroxyl groups is 4. The topological polar surface area (TPSA) is 119 Å². The Labute approximate surface area is 104 Å². The summed E-state index contributed by atoms with van der Waals surface area (Å²) in [6, 6.07) is -1.16. The Morgan fingerprint density at radius 1 is 1.33 bits per heavy atom. The molecule has 1 heterocycles. The molecule has 0 aliphatic carbocycles. The molecule has 1 fully saturated rings. The maximum atomic E-state index is 11.4. The first-order chi connectivity index (χ1) is 8.51. The molecule has 1 aliphatic heterocycles. The summed E-state index contributed by atoms with van der Waals surface area (Å²) < 4.78 is 4.88. The molecule has 0 saturated carbocycles. The van der Waals surface area contributed by atoms with Gasteiger partial charge in [0.25, 0.3) is 0 Å². The number of ether oxygens (including phenoxy) is 1. The zero-order valence-electron chi connectivity index (χ0n) is 9.69. The second-order valence-electron chi connectivity index (χ2n) is 4.03. The largest absolute Gasteiger partial charge is 0.394 e. The number of rotatable bonds is 4. The van der Waals surface area contributed by atoms with Crippen LogP contribution in [0.3, 0.4) is 0 Å². The Balaban J connectivity index is 2.60. The Bertz CT molecular complexity index is 328. The van der Waals surface area contributed by atoms with Crippen molar-refractivity contribution in [2.75, 3.05) is 6.61 Å². The minimum absolute atomic E-state index is 0.0476. The maximum Gasteiger partial charge on any atom is 0.221 e. The second kappa shape index (κ2) is 6.68. The van der Waals surface area contributed by atoms with E-state index in [0.29, 0.717) is 0 Å². The summed E-state index contributed by atoms with van der Waals surface area (Å²) in [5.74, 6) is 1.82. The summed E-state index contributed by atoms with van der Waals surface area (Å²) in [6.45, 7) is -0.549. The summed E-state index contributed by atoms with van der Waals surface area (Å²) in [5.41, 5.74) is 0. The van der Waals surface area contributed by atoms with Crippen molar-refractivity contribution >= 4 is 5.91 Å². The molecule has 7 nitrogen and oxygen atoms in total. The highest BCUT2D eigenvalue weighted by atomic mass is 16.6. The van der Waals surface area contributed by atoms with E-state index < -0.39 is 43.2 Å². The average molecular weight is 259 g/mol. The molecule has 0 radical (unpaired) electrons. The molecule has 0 aromatic carbocycles. The number of carbonyl (C=O) groups excluding carboxylic acids is 1. The van der Waals surface area contributed by atoms with Gasteiger partial charge in [-0.3, -0.25) is 4.79 Å². The van der Waals surface area contributed by atoms with Gasteiger partial charge in [0.15, 0.2) is 6.29 Å². The van der Waals surface area contributed by atoms with Gasteiger partial charge >= 0.3 is 0 Å². The molecule has 1 saturated heterocycles. The lowest BCUT2D eigenvalue weighted by molar-refractivity contribution is -0.253. The van der Waals surface area contributed by atoms with E-state index >= 15 is 0 Å². The van der Waals surface area contributed by atoms with E-state index in [-0.39, 0.29) is 12.8 Å². The van der Waals surface area contributed by atoms with Crippen LogP contribution in [0.25, 0.3) is 0 Å². The fraction of sp³-hybridized carbons (Fsp3) is 0.727. The first kappa shape index (κ1) is 14.9. The van der Waals surface area contributed by atoms with Crippen molar-refractivity contribution in [2.24, 2.45) is 0 Å². The van der Waals surface area contributed by atoms with E-state index in [1.54, 1.807) is 0 Å². The normalized spacial score (nSPS) is 35.8. The average Bonchev–Trinajstić information content (AvgIpc) is 2.36. The summed E-state index contributed by atoms with van der Waals surface area (Å²) >= 11 is 0. The Morgan fingerprint density at radius 3 is 2.56 bits per heavy atom. The highest BCUT2D eigenvalue weighted by Crippen LogP contribution is 2.19. The fourth-order valence-electron chi connectivity index (χ4n) is 1.70. The lowest BCUT2D eigenvalue weighted by Gasteiger charge is -2.40. The van der Waals surface area contributed by atoms with Crippen molar-refractivity contribution in [3.05, 3.63) is 0 Å². The lowest BCUT2D eigenvalue weighted by atomic mass is 9.97. The summed E-state index contributed by atoms with van der Waals surface area (Å²) in [7, 11) is 0. The lowest BCUT2D eigenvalue weighted by Crippen LogP contribution is -2.64. The molecular formula is C11H17NO6. The molecule has 7 heteroatoms. The summed E-state index contributed by atoms with van der Waals surface area (Å²) in [5, 5.41) is 40.1. The maximum absolute atomic E-state index is 11.4. The van der Waals surface area contributed by atoms with Gasteiger partial charge in [-0.15, -0.1) is 12.3 Å². The van der Waals surface area contributed by atoms with Gasteiger partial charge in [-0.25, -0.2) is 0 Å². The Kier molecular flexibility index (Phi) is 5.53. The minimum atomic E-state index is -1.50. The van der Waals surface area contributed by atoms with Crippen LogP contribution >= 0.6 is 0 Å². The standard InChI is InChI=1S/C11H17NO6/c1-2-3-4-7(14)12-8-10(16)9(15)6(5-13)18-11(8)17/h1,6,8-11,13,15-17H,3-5H2,(H,12,14)/t6-,8-,9+,10-,11?/m1/s1. The van der Waals surface area contributed by atoms with Gasteiger partial charge in [-0.05, 0) is 0 Å². The van der Waals surface area contributed by atoms with E-state index in [1.807, 2.05) is 0 Å². The molecular weight excluding hydrogens is 242 g/mol. The molecule has 18 heavy (non-hydrogen) atoms. The molecule has 0 aromatic heterocycles. The molecule has 0 bridgehead atoms. The van der Waals surface area contributed by atoms with Crippen LogP contribution in [0.5, 0.6) is 0 Å².